The van der Waals surface area contributed by atoms with E-state index < -0.39 is 0 Å². The molecule has 0 rings (SSSR count). The van der Waals surface area contributed by atoms with E-state index in [1.54, 1.807) is 0 Å². The van der Waals surface area contributed by atoms with Crippen molar-refractivity contribution in [3.8, 4) is 0 Å². The Bertz CT molecular complexity index is 68.9. The summed E-state index contributed by atoms with van der Waals surface area (Å²) in [5, 5.41) is 0. The van der Waals surface area contributed by atoms with Gasteiger partial charge in [-0.2, -0.15) is 0 Å². The molecule has 0 atom stereocenters. The van der Waals surface area contributed by atoms with Crippen LogP contribution in [0.5, 0.6) is 0 Å². The van der Waals surface area contributed by atoms with Crippen molar-refractivity contribution in [2.75, 3.05) is 32.2 Å². The van der Waals surface area contributed by atoms with Gasteiger partial charge in [-0.1, -0.05) is 12.6 Å². The molecule has 73 valence electrons. The first-order chi connectivity index (χ1) is 5.91. The van der Waals surface area contributed by atoms with E-state index in [-0.39, 0.29) is 0 Å². The van der Waals surface area contributed by atoms with Crippen LogP contribution in [0.4, 0.5) is 0 Å². The van der Waals surface area contributed by atoms with Crippen molar-refractivity contribution in [3.05, 3.63) is 0 Å². The van der Waals surface area contributed by atoms with E-state index in [4.69, 9.17) is 22.1 Å². The van der Waals surface area contributed by atoms with Gasteiger partial charge in [-0.3, -0.25) is 0 Å². The second kappa shape index (κ2) is 11.3. The van der Waals surface area contributed by atoms with Gasteiger partial charge in [0.2, 0.25) is 0 Å². The summed E-state index contributed by atoms with van der Waals surface area (Å²) in [6, 6.07) is 0. The quantitative estimate of drug-likeness (QED) is 0.521. The molecular formula is C9H19O2S. The molecule has 0 aliphatic carbocycles. The predicted molar refractivity (Wildman–Crippen MR) is 53.6 cm³/mol. The van der Waals surface area contributed by atoms with Gasteiger partial charge in [-0.25, -0.2) is 0 Å². The number of rotatable bonds is 9. The Morgan fingerprint density at radius 2 is 1.50 bits per heavy atom. The van der Waals surface area contributed by atoms with Crippen molar-refractivity contribution >= 4 is 12.6 Å². The first kappa shape index (κ1) is 12.3. The molecule has 0 saturated heterocycles. The minimum atomic E-state index is 0.805. The van der Waals surface area contributed by atoms with Crippen LogP contribution < -0.4 is 0 Å². The Morgan fingerprint density at radius 1 is 0.917 bits per heavy atom. The van der Waals surface area contributed by atoms with Crippen LogP contribution in [0, 0.1) is 0 Å². The fourth-order valence-corrected chi connectivity index (χ4v) is 0.933. The molecule has 0 heterocycles. The number of unbranched alkanes of at least 4 members (excludes halogenated alkanes) is 1. The third kappa shape index (κ3) is 10.3. The lowest BCUT2D eigenvalue weighted by molar-refractivity contribution is 0.109. The van der Waals surface area contributed by atoms with E-state index in [0.717, 1.165) is 51.4 Å². The first-order valence-corrected chi connectivity index (χ1v) is 5.23. The SMILES string of the molecule is CCOCCCCOCCC[S]. The molecule has 0 aromatic rings. The van der Waals surface area contributed by atoms with Crippen LogP contribution in [0.2, 0.25) is 0 Å². The second-order valence-electron chi connectivity index (χ2n) is 2.57. The fraction of sp³-hybridized carbons (Fsp3) is 1.00. The van der Waals surface area contributed by atoms with E-state index >= 15 is 0 Å². The van der Waals surface area contributed by atoms with Crippen LogP contribution in [-0.4, -0.2) is 32.2 Å². The molecule has 3 heteroatoms. The van der Waals surface area contributed by atoms with Crippen molar-refractivity contribution in [1.29, 1.82) is 0 Å². The second-order valence-corrected chi connectivity index (χ2v) is 2.98. The molecule has 0 spiro atoms. The maximum atomic E-state index is 5.33. The third-order valence-electron chi connectivity index (χ3n) is 1.46. The normalized spacial score (nSPS) is 10.5. The molecule has 0 aliphatic rings. The van der Waals surface area contributed by atoms with Crippen LogP contribution in [0.25, 0.3) is 0 Å². The van der Waals surface area contributed by atoms with Crippen molar-refractivity contribution in [2.45, 2.75) is 26.2 Å². The van der Waals surface area contributed by atoms with Gasteiger partial charge < -0.3 is 9.47 Å². The maximum absolute atomic E-state index is 5.33. The van der Waals surface area contributed by atoms with Crippen LogP contribution in [0.1, 0.15) is 26.2 Å². The van der Waals surface area contributed by atoms with Crippen molar-refractivity contribution in [2.24, 2.45) is 0 Å². The topological polar surface area (TPSA) is 18.5 Å². The zero-order valence-corrected chi connectivity index (χ0v) is 8.70. The molecule has 1 radical (unpaired) electrons. The lowest BCUT2D eigenvalue weighted by atomic mass is 10.3. The Morgan fingerprint density at radius 3 is 2.08 bits per heavy atom. The standard InChI is InChI=1S/C9H19O2S/c1-2-10-6-3-4-7-11-8-5-9-12/h2-9H2,1H3. The molecule has 0 unspecified atom stereocenters. The summed E-state index contributed by atoms with van der Waals surface area (Å²) in [5.74, 6) is 0.805. The number of hydrogen-bond donors (Lipinski definition) is 0. The molecule has 2 nitrogen and oxygen atoms in total. The van der Waals surface area contributed by atoms with Crippen molar-refractivity contribution < 1.29 is 9.47 Å². The highest BCUT2D eigenvalue weighted by atomic mass is 32.1. The average Bonchev–Trinajstić information content (AvgIpc) is 2.10. The Hall–Kier alpha value is 0.270. The van der Waals surface area contributed by atoms with Gasteiger partial charge in [0, 0.05) is 32.2 Å². The molecule has 12 heavy (non-hydrogen) atoms. The third-order valence-corrected chi connectivity index (χ3v) is 1.75. The van der Waals surface area contributed by atoms with Crippen LogP contribution in [0.3, 0.4) is 0 Å². The van der Waals surface area contributed by atoms with Crippen LogP contribution >= 0.6 is 12.6 Å². The van der Waals surface area contributed by atoms with Crippen LogP contribution in [-0.2, 0) is 9.47 Å². The summed E-state index contributed by atoms with van der Waals surface area (Å²) < 4.78 is 10.5. The Kier molecular flexibility index (Phi) is 11.5. The van der Waals surface area contributed by atoms with E-state index in [0.29, 0.717) is 0 Å². The van der Waals surface area contributed by atoms with Gasteiger partial charge in [0.05, 0.1) is 0 Å². The van der Waals surface area contributed by atoms with Crippen molar-refractivity contribution in [3.63, 3.8) is 0 Å². The minimum Gasteiger partial charge on any atom is -0.382 e. The lowest BCUT2D eigenvalue weighted by Crippen LogP contribution is -2.00. The Balaban J connectivity index is 2.73. The molecule has 0 aromatic carbocycles. The lowest BCUT2D eigenvalue weighted by Gasteiger charge is -2.02. The summed E-state index contributed by atoms with van der Waals surface area (Å²) in [6.45, 7) is 5.36. The number of hydrogen-bond acceptors (Lipinski definition) is 2. The molecular weight excluding hydrogens is 172 g/mol. The monoisotopic (exact) mass is 191 g/mol. The highest BCUT2D eigenvalue weighted by Crippen LogP contribution is 1.93. The summed E-state index contributed by atoms with van der Waals surface area (Å²) in [5.41, 5.74) is 0. The van der Waals surface area contributed by atoms with Gasteiger partial charge in [0.25, 0.3) is 0 Å². The van der Waals surface area contributed by atoms with Gasteiger partial charge in [0.1, 0.15) is 0 Å². The van der Waals surface area contributed by atoms with Crippen LogP contribution in [0.15, 0.2) is 0 Å². The number of ether oxygens (including phenoxy) is 2. The largest absolute Gasteiger partial charge is 0.382 e. The molecule has 0 fully saturated rings. The van der Waals surface area contributed by atoms with Gasteiger partial charge >= 0.3 is 0 Å². The van der Waals surface area contributed by atoms with Crippen molar-refractivity contribution in [1.82, 2.24) is 0 Å². The zero-order chi connectivity index (χ0) is 9.07. The van der Waals surface area contributed by atoms with E-state index in [1.165, 1.54) is 0 Å². The van der Waals surface area contributed by atoms with Gasteiger partial charge in [-0.05, 0) is 26.2 Å². The smallest absolute Gasteiger partial charge is 0.0474 e. The highest BCUT2D eigenvalue weighted by molar-refractivity contribution is 7.80. The molecule has 0 amide bonds. The Labute approximate surface area is 81.0 Å². The summed E-state index contributed by atoms with van der Waals surface area (Å²) in [4.78, 5) is 0. The molecule has 0 bridgehead atoms. The van der Waals surface area contributed by atoms with E-state index in [2.05, 4.69) is 0 Å². The molecule has 0 aromatic heterocycles. The molecule has 0 saturated carbocycles. The van der Waals surface area contributed by atoms with E-state index in [9.17, 15) is 0 Å². The fourth-order valence-electron chi connectivity index (χ4n) is 0.816. The molecule has 0 N–H and O–H groups in total. The summed E-state index contributed by atoms with van der Waals surface area (Å²) in [6.07, 6.45) is 3.19. The molecule has 0 aliphatic heterocycles. The predicted octanol–water partition coefficient (Wildman–Crippen LogP) is 2.41. The van der Waals surface area contributed by atoms with Gasteiger partial charge in [-0.15, -0.1) is 0 Å². The summed E-state index contributed by atoms with van der Waals surface area (Å²) in [7, 11) is 0. The first-order valence-electron chi connectivity index (χ1n) is 4.65. The van der Waals surface area contributed by atoms with E-state index in [1.807, 2.05) is 6.92 Å². The maximum Gasteiger partial charge on any atom is 0.0474 e. The minimum absolute atomic E-state index is 0.805. The average molecular weight is 191 g/mol. The summed E-state index contributed by atoms with van der Waals surface area (Å²) >= 11 is 4.79. The zero-order valence-electron chi connectivity index (χ0n) is 7.88. The highest BCUT2D eigenvalue weighted by Gasteiger charge is 1.89. The van der Waals surface area contributed by atoms with Gasteiger partial charge in [0.15, 0.2) is 0 Å².